The first kappa shape index (κ1) is 20.7. The standard InChI is InChI=1S/C22H15BrINO5/c1-27-19-11-14(10-17-22(26)30-21(25-17)18-6-3-7-28-18)9-16(23)20(19)29-12-13-4-2-5-15(24)8-13/h2-11H,12H2,1H3/b17-10-. The molecule has 4 rings (SSSR count). The summed E-state index contributed by atoms with van der Waals surface area (Å²) in [6, 6.07) is 15.0. The molecule has 0 saturated heterocycles. The third kappa shape index (κ3) is 4.59. The molecule has 8 heteroatoms. The van der Waals surface area contributed by atoms with Gasteiger partial charge in [-0.2, -0.15) is 0 Å². The van der Waals surface area contributed by atoms with Gasteiger partial charge in [0.05, 0.1) is 17.8 Å². The van der Waals surface area contributed by atoms with Gasteiger partial charge in [0.1, 0.15) is 6.61 Å². The van der Waals surface area contributed by atoms with Crippen LogP contribution in [-0.2, 0) is 16.1 Å². The molecule has 0 radical (unpaired) electrons. The van der Waals surface area contributed by atoms with E-state index < -0.39 is 5.97 Å². The van der Waals surface area contributed by atoms with Gasteiger partial charge in [-0.05, 0) is 92.1 Å². The van der Waals surface area contributed by atoms with Crippen molar-refractivity contribution in [1.82, 2.24) is 0 Å². The number of methoxy groups -OCH3 is 1. The van der Waals surface area contributed by atoms with Gasteiger partial charge in [0.15, 0.2) is 23.0 Å². The minimum Gasteiger partial charge on any atom is -0.493 e. The Bertz CT molecular complexity index is 1150. The number of hydrogen-bond acceptors (Lipinski definition) is 6. The van der Waals surface area contributed by atoms with Crippen molar-refractivity contribution in [3.63, 3.8) is 0 Å². The van der Waals surface area contributed by atoms with Gasteiger partial charge in [-0.25, -0.2) is 9.79 Å². The van der Waals surface area contributed by atoms with Gasteiger partial charge in [0, 0.05) is 3.57 Å². The molecule has 0 amide bonds. The Morgan fingerprint density at radius 1 is 1.20 bits per heavy atom. The number of esters is 1. The number of aliphatic imine (C=N–C) groups is 1. The predicted molar refractivity (Wildman–Crippen MR) is 123 cm³/mol. The molecule has 6 nitrogen and oxygen atoms in total. The second kappa shape index (κ2) is 9.05. The summed E-state index contributed by atoms with van der Waals surface area (Å²) in [6.45, 7) is 0.398. The summed E-state index contributed by atoms with van der Waals surface area (Å²) in [6.07, 6.45) is 3.11. The third-order valence-electron chi connectivity index (χ3n) is 4.18. The van der Waals surface area contributed by atoms with E-state index in [9.17, 15) is 4.79 Å². The average Bonchev–Trinajstić information content (AvgIpc) is 3.37. The summed E-state index contributed by atoms with van der Waals surface area (Å²) in [5.74, 6) is 1.09. The van der Waals surface area contributed by atoms with Gasteiger partial charge >= 0.3 is 5.97 Å². The average molecular weight is 580 g/mol. The van der Waals surface area contributed by atoms with Crippen molar-refractivity contribution in [1.29, 1.82) is 0 Å². The summed E-state index contributed by atoms with van der Waals surface area (Å²) in [5.41, 5.74) is 1.93. The fourth-order valence-electron chi connectivity index (χ4n) is 2.82. The van der Waals surface area contributed by atoms with Crippen LogP contribution in [0.4, 0.5) is 0 Å². The zero-order chi connectivity index (χ0) is 21.1. The fraction of sp³-hybridized carbons (Fsp3) is 0.0909. The normalized spacial score (nSPS) is 14.6. The molecule has 0 bridgehead atoms. The van der Waals surface area contributed by atoms with Gasteiger partial charge in [-0.3, -0.25) is 0 Å². The van der Waals surface area contributed by atoms with Gasteiger partial charge in [0.2, 0.25) is 0 Å². The zero-order valence-electron chi connectivity index (χ0n) is 15.7. The molecule has 0 saturated carbocycles. The van der Waals surface area contributed by atoms with Crippen LogP contribution in [0.15, 0.2) is 74.4 Å². The SMILES string of the molecule is COc1cc(/C=C2\N=C(c3ccco3)OC2=O)cc(Br)c1OCc1cccc(I)c1. The first-order valence-electron chi connectivity index (χ1n) is 8.84. The summed E-state index contributed by atoms with van der Waals surface area (Å²) in [4.78, 5) is 16.4. The largest absolute Gasteiger partial charge is 0.493 e. The van der Waals surface area contributed by atoms with Crippen molar-refractivity contribution in [3.05, 3.63) is 85.4 Å². The summed E-state index contributed by atoms with van der Waals surface area (Å²) in [5, 5.41) is 0. The molecule has 0 fully saturated rings. The molecule has 30 heavy (non-hydrogen) atoms. The van der Waals surface area contributed by atoms with E-state index in [1.165, 1.54) is 6.26 Å². The molecule has 0 spiro atoms. The lowest BCUT2D eigenvalue weighted by Crippen LogP contribution is -2.04. The first-order valence-corrected chi connectivity index (χ1v) is 10.7. The molecule has 3 aromatic rings. The van der Waals surface area contributed by atoms with E-state index in [2.05, 4.69) is 49.6 Å². The van der Waals surface area contributed by atoms with Crippen molar-refractivity contribution in [3.8, 4) is 11.5 Å². The van der Waals surface area contributed by atoms with Crippen LogP contribution < -0.4 is 9.47 Å². The highest BCUT2D eigenvalue weighted by Gasteiger charge is 2.26. The highest BCUT2D eigenvalue weighted by Crippen LogP contribution is 2.38. The monoisotopic (exact) mass is 579 g/mol. The van der Waals surface area contributed by atoms with Crippen molar-refractivity contribution < 1.29 is 23.4 Å². The van der Waals surface area contributed by atoms with Crippen molar-refractivity contribution in [2.24, 2.45) is 4.99 Å². The van der Waals surface area contributed by atoms with Crippen LogP contribution in [0.5, 0.6) is 11.5 Å². The van der Waals surface area contributed by atoms with Crippen LogP contribution in [0, 0.1) is 3.57 Å². The van der Waals surface area contributed by atoms with Gasteiger partial charge in [-0.1, -0.05) is 12.1 Å². The highest BCUT2D eigenvalue weighted by molar-refractivity contribution is 14.1. The zero-order valence-corrected chi connectivity index (χ0v) is 19.5. The Labute approximate surface area is 194 Å². The maximum atomic E-state index is 12.2. The van der Waals surface area contributed by atoms with Crippen LogP contribution in [-0.4, -0.2) is 19.0 Å². The number of cyclic esters (lactones) is 1. The Kier molecular flexibility index (Phi) is 6.24. The Morgan fingerprint density at radius 2 is 2.07 bits per heavy atom. The molecule has 1 aromatic heterocycles. The quantitative estimate of drug-likeness (QED) is 0.217. The molecule has 0 aliphatic carbocycles. The van der Waals surface area contributed by atoms with E-state index in [1.807, 2.05) is 24.3 Å². The summed E-state index contributed by atoms with van der Waals surface area (Å²) >= 11 is 5.80. The molecule has 0 unspecified atom stereocenters. The van der Waals surface area contributed by atoms with E-state index in [4.69, 9.17) is 18.6 Å². The molecule has 0 N–H and O–H groups in total. The minimum absolute atomic E-state index is 0.139. The number of carbonyl (C=O) groups excluding carboxylic acids is 1. The molecular weight excluding hydrogens is 565 g/mol. The molecule has 152 valence electrons. The summed E-state index contributed by atoms with van der Waals surface area (Å²) < 4.78 is 23.7. The van der Waals surface area contributed by atoms with Gasteiger partial charge in [0.25, 0.3) is 5.90 Å². The van der Waals surface area contributed by atoms with Crippen LogP contribution in [0.2, 0.25) is 0 Å². The smallest absolute Gasteiger partial charge is 0.363 e. The van der Waals surface area contributed by atoms with Crippen molar-refractivity contribution >= 4 is 56.5 Å². The van der Waals surface area contributed by atoms with E-state index in [0.29, 0.717) is 33.9 Å². The number of hydrogen-bond donors (Lipinski definition) is 0. The Morgan fingerprint density at radius 3 is 2.80 bits per heavy atom. The second-order valence-corrected chi connectivity index (χ2v) is 8.37. The Hall–Kier alpha value is -2.59. The lowest BCUT2D eigenvalue weighted by molar-refractivity contribution is -0.130. The second-order valence-electron chi connectivity index (χ2n) is 6.27. The maximum absolute atomic E-state index is 12.2. The molecule has 2 heterocycles. The van der Waals surface area contributed by atoms with Gasteiger partial charge < -0.3 is 18.6 Å². The minimum atomic E-state index is -0.546. The van der Waals surface area contributed by atoms with Gasteiger partial charge in [-0.15, -0.1) is 0 Å². The van der Waals surface area contributed by atoms with E-state index in [0.717, 1.165) is 9.13 Å². The number of carbonyl (C=O) groups is 1. The number of rotatable bonds is 6. The third-order valence-corrected chi connectivity index (χ3v) is 5.44. The molecule has 1 aliphatic heterocycles. The predicted octanol–water partition coefficient (Wildman–Crippen LogP) is 5.58. The first-order chi connectivity index (χ1) is 14.5. The lowest BCUT2D eigenvalue weighted by atomic mass is 10.1. The lowest BCUT2D eigenvalue weighted by Gasteiger charge is -2.14. The number of halogens is 2. The molecular formula is C22H15BrINO5. The van der Waals surface area contributed by atoms with E-state index in [1.54, 1.807) is 31.4 Å². The highest BCUT2D eigenvalue weighted by atomic mass is 127. The summed E-state index contributed by atoms with van der Waals surface area (Å²) in [7, 11) is 1.56. The topological polar surface area (TPSA) is 70.3 Å². The van der Waals surface area contributed by atoms with E-state index in [-0.39, 0.29) is 11.6 Å². The molecule has 2 aromatic carbocycles. The number of ether oxygens (including phenoxy) is 3. The van der Waals surface area contributed by atoms with Crippen molar-refractivity contribution in [2.75, 3.05) is 7.11 Å². The van der Waals surface area contributed by atoms with Crippen LogP contribution in [0.3, 0.4) is 0 Å². The van der Waals surface area contributed by atoms with E-state index >= 15 is 0 Å². The van der Waals surface area contributed by atoms with Crippen LogP contribution in [0.1, 0.15) is 16.9 Å². The fourth-order valence-corrected chi connectivity index (χ4v) is 4.00. The maximum Gasteiger partial charge on any atom is 0.363 e. The Balaban J connectivity index is 1.59. The van der Waals surface area contributed by atoms with Crippen molar-refractivity contribution in [2.45, 2.75) is 6.61 Å². The number of furan rings is 1. The van der Waals surface area contributed by atoms with Crippen LogP contribution >= 0.6 is 38.5 Å². The van der Waals surface area contributed by atoms with Crippen LogP contribution in [0.25, 0.3) is 6.08 Å². The molecule has 1 aliphatic rings. The number of benzene rings is 2. The number of nitrogens with zero attached hydrogens (tertiary/aromatic N) is 1. The molecule has 0 atom stereocenters.